The van der Waals surface area contributed by atoms with Gasteiger partial charge in [-0.2, -0.15) is 0 Å². The van der Waals surface area contributed by atoms with Crippen molar-refractivity contribution in [1.82, 2.24) is 10.6 Å². The summed E-state index contributed by atoms with van der Waals surface area (Å²) in [6.45, 7) is 19.1. The fraction of sp³-hybridized carbons (Fsp3) is 0.849. The molecule has 1 rings (SSSR count). The number of unbranched alkanes of at least 4 members (excludes halogenated alkanes) is 40. The maximum atomic E-state index is 12.8. The van der Waals surface area contributed by atoms with Crippen molar-refractivity contribution < 1.29 is 52.8 Å². The number of nitrogens with one attached hydrogen (secondary N) is 2. The Labute approximate surface area is 652 Å². The second-order valence-corrected chi connectivity index (χ2v) is 32.6. The van der Waals surface area contributed by atoms with Crippen molar-refractivity contribution in [3.8, 4) is 5.75 Å². The summed E-state index contributed by atoms with van der Waals surface area (Å²) in [5, 5.41) is 16.1. The average Bonchev–Trinajstić information content (AvgIpc) is 0.852. The van der Waals surface area contributed by atoms with E-state index in [2.05, 4.69) is 44.9 Å². The van der Waals surface area contributed by atoms with Crippen LogP contribution in [0.3, 0.4) is 0 Å². The van der Waals surface area contributed by atoms with Gasteiger partial charge in [-0.05, 0) is 100.0 Å². The summed E-state index contributed by atoms with van der Waals surface area (Å²) >= 11 is 0. The first-order valence-electron chi connectivity index (χ1n) is 45.2. The summed E-state index contributed by atoms with van der Waals surface area (Å²) < 4.78 is 21.7. The van der Waals surface area contributed by atoms with Gasteiger partial charge in [0.05, 0.1) is 6.61 Å². The lowest BCUT2D eigenvalue weighted by molar-refractivity contribution is -0.156. The molecule has 0 aliphatic heterocycles. The number of benzene rings is 1. The van der Waals surface area contributed by atoms with Crippen LogP contribution in [0.5, 0.6) is 5.75 Å². The van der Waals surface area contributed by atoms with Crippen LogP contribution in [0.25, 0.3) is 0 Å². The molecule has 4 unspecified atom stereocenters. The minimum atomic E-state index is -1.43. The number of amides is 2. The van der Waals surface area contributed by atoms with Crippen molar-refractivity contribution in [2.24, 2.45) is 23.7 Å². The van der Waals surface area contributed by atoms with E-state index in [1.54, 1.807) is 31.2 Å². The molecule has 0 saturated carbocycles. The molecule has 0 radical (unpaired) electrons. The number of Topliss-reactive ketones (excluding diaryl/α,β-unsaturated/α-hetero) is 2. The molecule has 0 bridgehead atoms. The molecule has 1 aromatic rings. The molecule has 106 heavy (non-hydrogen) atoms. The highest BCUT2D eigenvalue weighted by atomic mass is 16.7. The summed E-state index contributed by atoms with van der Waals surface area (Å²) in [7, 11) is 0. The number of rotatable bonds is 81. The van der Waals surface area contributed by atoms with E-state index in [1.807, 2.05) is 0 Å². The smallest absolute Gasteiger partial charge is 0.307 e. The van der Waals surface area contributed by atoms with Gasteiger partial charge >= 0.3 is 11.9 Å². The largest absolute Gasteiger partial charge is 0.490 e. The molecule has 0 aliphatic carbocycles. The Bertz CT molecular complexity index is 2250. The Morgan fingerprint density at radius 3 is 0.953 bits per heavy atom. The summed E-state index contributed by atoms with van der Waals surface area (Å²) in [4.78, 5) is 74.2. The van der Waals surface area contributed by atoms with Crippen molar-refractivity contribution >= 4 is 35.3 Å². The number of hydrogen-bond acceptors (Lipinski definition) is 11. The maximum absolute atomic E-state index is 12.8. The van der Waals surface area contributed by atoms with Gasteiger partial charge in [-0.3, -0.25) is 28.8 Å². The zero-order chi connectivity index (χ0) is 77.5. The lowest BCUT2D eigenvalue weighted by atomic mass is 9.78. The van der Waals surface area contributed by atoms with Gasteiger partial charge in [-0.1, -0.05) is 368 Å². The van der Waals surface area contributed by atoms with E-state index in [4.69, 9.17) is 18.9 Å². The highest BCUT2D eigenvalue weighted by molar-refractivity contribution is 6.01. The SMILES string of the molecule is C=C(C)C(=O)CCOCOC(=O)CCCCCCCCC(CCCCCCCC)C(CCCCCCCC)CCCCCCCCC(=O)NCCNC(=O)CCCCCCCCC(CCCCCCCC)C(CCCCCCCC)CCCCCCCCC(=O)OCCOc1ccc(C(=O)C(C)(C)O)cc1. The van der Waals surface area contributed by atoms with Gasteiger partial charge < -0.3 is 34.7 Å². The van der Waals surface area contributed by atoms with E-state index >= 15 is 0 Å². The van der Waals surface area contributed by atoms with Gasteiger partial charge in [0.15, 0.2) is 18.4 Å². The molecule has 616 valence electrons. The van der Waals surface area contributed by atoms with E-state index in [-0.39, 0.29) is 68.4 Å². The molecule has 0 fully saturated rings. The standard InChI is InChI=1S/C93H168N2O11/c1-9-13-17-21-33-45-57-81(83(59-47-35-23-19-15-11-3)63-51-39-27-31-43-55-67-90(99)105-78-77-104-86-71-69-85(70-72-86)92(101)93(7,8)102)61-49-37-25-29-41-53-65-88(97)94-74-75-95-89(98)66-54-42-30-26-38-50-62-82(58-46-34-22-18-14-10-2)84(60-48-36-24-20-16-12-4)64-52-40-28-32-44-56-68-91(100)106-79-103-76-73-87(96)80(5)6/h69-72,81-84,102H,5,9-68,73-79H2,1-4,6-8H3,(H,94,97)(H,95,98). The number of ether oxygens (including phenoxy) is 4. The third-order valence-electron chi connectivity index (χ3n) is 22.2. The third kappa shape index (κ3) is 61.6. The number of carbonyl (C=O) groups is 6. The molecule has 0 aromatic heterocycles. The first kappa shape index (κ1) is 99.9. The highest BCUT2D eigenvalue weighted by Crippen LogP contribution is 2.36. The highest BCUT2D eigenvalue weighted by Gasteiger charge is 2.26. The second kappa shape index (κ2) is 72.4. The van der Waals surface area contributed by atoms with E-state index in [1.165, 1.54) is 309 Å². The lowest BCUT2D eigenvalue weighted by Crippen LogP contribution is -2.34. The monoisotopic (exact) mass is 1490 g/mol. The summed E-state index contributed by atoms with van der Waals surface area (Å²) in [5.74, 6) is 3.29. The first-order valence-corrected chi connectivity index (χ1v) is 45.2. The zero-order valence-corrected chi connectivity index (χ0v) is 70.2. The van der Waals surface area contributed by atoms with Gasteiger partial charge in [0.1, 0.15) is 24.6 Å². The molecule has 0 saturated heterocycles. The van der Waals surface area contributed by atoms with Crippen molar-refractivity contribution in [3.63, 3.8) is 0 Å². The maximum Gasteiger partial charge on any atom is 0.307 e. The van der Waals surface area contributed by atoms with Gasteiger partial charge in [0, 0.05) is 50.8 Å². The Kier molecular flexibility index (Phi) is 68.3. The van der Waals surface area contributed by atoms with Crippen LogP contribution in [-0.4, -0.2) is 85.7 Å². The van der Waals surface area contributed by atoms with Gasteiger partial charge in [-0.15, -0.1) is 0 Å². The van der Waals surface area contributed by atoms with Crippen LogP contribution in [0.2, 0.25) is 0 Å². The molecule has 0 heterocycles. The fourth-order valence-corrected chi connectivity index (χ4v) is 15.4. The van der Waals surface area contributed by atoms with Crippen molar-refractivity contribution in [1.29, 1.82) is 0 Å². The van der Waals surface area contributed by atoms with Gasteiger partial charge in [0.2, 0.25) is 11.8 Å². The Hall–Kier alpha value is -4.10. The molecule has 0 aliphatic rings. The van der Waals surface area contributed by atoms with Crippen LogP contribution in [-0.2, 0) is 38.2 Å². The third-order valence-corrected chi connectivity index (χ3v) is 22.2. The van der Waals surface area contributed by atoms with Crippen molar-refractivity contribution in [3.05, 3.63) is 42.0 Å². The Balaban J connectivity index is 2.47. The molecule has 1 aromatic carbocycles. The molecule has 3 N–H and O–H groups in total. The lowest BCUT2D eigenvalue weighted by Gasteiger charge is -2.28. The summed E-state index contributed by atoms with van der Waals surface area (Å²) in [6, 6.07) is 6.66. The average molecular weight is 1490 g/mol. The van der Waals surface area contributed by atoms with E-state index in [0.29, 0.717) is 55.7 Å². The quantitative estimate of drug-likeness (QED) is 0.0185. The summed E-state index contributed by atoms with van der Waals surface area (Å²) in [5.41, 5.74) is -0.493. The molecular weight excluding hydrogens is 1320 g/mol. The predicted octanol–water partition coefficient (Wildman–Crippen LogP) is 25.8. The molecule has 0 spiro atoms. The van der Waals surface area contributed by atoms with Crippen LogP contribution in [0, 0.1) is 23.7 Å². The van der Waals surface area contributed by atoms with Crippen LogP contribution in [0.1, 0.15) is 450 Å². The predicted molar refractivity (Wildman–Crippen MR) is 445 cm³/mol. The number of aliphatic hydroxyl groups is 1. The van der Waals surface area contributed by atoms with E-state index < -0.39 is 5.60 Å². The topological polar surface area (TPSA) is 184 Å². The zero-order valence-electron chi connectivity index (χ0n) is 70.2. The molecule has 13 heteroatoms. The molecule has 4 atom stereocenters. The Morgan fingerprint density at radius 1 is 0.368 bits per heavy atom. The Morgan fingerprint density at radius 2 is 0.651 bits per heavy atom. The second-order valence-electron chi connectivity index (χ2n) is 32.6. The van der Waals surface area contributed by atoms with Crippen LogP contribution in [0.4, 0.5) is 0 Å². The summed E-state index contributed by atoms with van der Waals surface area (Å²) in [6.07, 6.45) is 73.6. The molecule has 2 amide bonds. The van der Waals surface area contributed by atoms with E-state index in [0.717, 1.165) is 87.9 Å². The molecular formula is C93H168N2O11. The first-order chi connectivity index (χ1) is 51.6. The molecule has 13 nitrogen and oxygen atoms in total. The van der Waals surface area contributed by atoms with Crippen LogP contribution in [0.15, 0.2) is 36.4 Å². The minimum Gasteiger partial charge on any atom is -0.490 e. The van der Waals surface area contributed by atoms with Gasteiger partial charge in [-0.25, -0.2) is 0 Å². The number of esters is 2. The van der Waals surface area contributed by atoms with Gasteiger partial charge in [0.25, 0.3) is 0 Å². The normalized spacial score (nSPS) is 12.8. The number of allylic oxidation sites excluding steroid dienone is 1. The minimum absolute atomic E-state index is 0.0299. The van der Waals surface area contributed by atoms with Crippen LogP contribution >= 0.6 is 0 Å². The fourth-order valence-electron chi connectivity index (χ4n) is 15.4. The number of ketones is 2. The van der Waals surface area contributed by atoms with Crippen LogP contribution < -0.4 is 15.4 Å². The number of carbonyl (C=O) groups excluding carboxylic acids is 6. The van der Waals surface area contributed by atoms with Crippen molar-refractivity contribution in [2.45, 2.75) is 446 Å². The number of hydrogen-bond donors (Lipinski definition) is 3. The van der Waals surface area contributed by atoms with E-state index in [9.17, 15) is 33.9 Å². The van der Waals surface area contributed by atoms with Crippen molar-refractivity contribution in [2.75, 3.05) is 39.7 Å².